The van der Waals surface area contributed by atoms with E-state index in [0.717, 1.165) is 6.92 Å². The Hall–Kier alpha value is -1.51. The van der Waals surface area contributed by atoms with Crippen LogP contribution in [0.1, 0.15) is 42.5 Å². The molecule has 22 heavy (non-hydrogen) atoms. The van der Waals surface area contributed by atoms with Gasteiger partial charge in [0.2, 0.25) is 0 Å². The van der Waals surface area contributed by atoms with Gasteiger partial charge in [-0.3, -0.25) is 9.48 Å². The maximum atomic E-state index is 13.5. The van der Waals surface area contributed by atoms with Crippen molar-refractivity contribution in [1.29, 1.82) is 0 Å². The van der Waals surface area contributed by atoms with Gasteiger partial charge in [-0.15, -0.1) is 0 Å². The molecule has 0 aromatic carbocycles. The number of alkyl halides is 2. The molecule has 124 valence electrons. The summed E-state index contributed by atoms with van der Waals surface area (Å²) in [6.45, 7) is 3.14. The molecule has 1 aromatic heterocycles. The van der Waals surface area contributed by atoms with Crippen LogP contribution in [-0.2, 0) is 29.1 Å². The smallest absolute Gasteiger partial charge is 0.270 e. The highest BCUT2D eigenvalue weighted by molar-refractivity contribution is 7.90. The van der Waals surface area contributed by atoms with Crippen LogP contribution in [0, 0.1) is 0 Å². The minimum Gasteiger partial charge on any atom is -0.340 e. The molecule has 9 heteroatoms. The number of carbonyl (C=O) groups excluding carboxylic acids is 1. The molecule has 0 unspecified atom stereocenters. The summed E-state index contributed by atoms with van der Waals surface area (Å²) in [7, 11) is -1.80. The number of sulfone groups is 1. The van der Waals surface area contributed by atoms with Crippen LogP contribution < -0.4 is 5.32 Å². The van der Waals surface area contributed by atoms with E-state index in [1.165, 1.54) is 25.6 Å². The summed E-state index contributed by atoms with van der Waals surface area (Å²) in [5.41, 5.74) is -0.907. The van der Waals surface area contributed by atoms with Crippen LogP contribution in [0.5, 0.6) is 0 Å². The molecule has 2 heterocycles. The summed E-state index contributed by atoms with van der Waals surface area (Å²) in [4.78, 5) is 12.4. The second kappa shape index (κ2) is 5.00. The summed E-state index contributed by atoms with van der Waals surface area (Å²) in [5.74, 6) is -4.19. The zero-order valence-corrected chi connectivity index (χ0v) is 13.7. The largest absolute Gasteiger partial charge is 0.340 e. The van der Waals surface area contributed by atoms with Crippen molar-refractivity contribution >= 4 is 15.7 Å². The third kappa shape index (κ3) is 2.99. The normalized spacial score (nSPS) is 17.9. The van der Waals surface area contributed by atoms with E-state index in [9.17, 15) is 22.0 Å². The molecule has 2 rings (SSSR count). The van der Waals surface area contributed by atoms with Gasteiger partial charge in [-0.1, -0.05) is 0 Å². The minimum absolute atomic E-state index is 0.0173. The lowest BCUT2D eigenvalue weighted by Gasteiger charge is -2.32. The van der Waals surface area contributed by atoms with Gasteiger partial charge in [0.1, 0.15) is 5.69 Å². The Morgan fingerprint density at radius 2 is 1.91 bits per heavy atom. The van der Waals surface area contributed by atoms with Gasteiger partial charge in [0.05, 0.1) is 22.7 Å². The van der Waals surface area contributed by atoms with Crippen LogP contribution in [-0.4, -0.2) is 41.3 Å². The lowest BCUT2D eigenvalue weighted by molar-refractivity contribution is -0.0548. The van der Waals surface area contributed by atoms with E-state index >= 15 is 0 Å². The fourth-order valence-electron chi connectivity index (χ4n) is 2.26. The van der Waals surface area contributed by atoms with E-state index in [1.54, 1.807) is 0 Å². The molecule has 0 aliphatic carbocycles. The highest BCUT2D eigenvalue weighted by Gasteiger charge is 2.44. The number of nitrogens with one attached hydrogen (secondary N) is 1. The number of amides is 1. The average molecular weight is 335 g/mol. The van der Waals surface area contributed by atoms with Crippen LogP contribution >= 0.6 is 0 Å². The first kappa shape index (κ1) is 16.9. The maximum Gasteiger partial charge on any atom is 0.270 e. The van der Waals surface area contributed by atoms with Crippen molar-refractivity contribution < 1.29 is 22.0 Å². The molecule has 0 bridgehead atoms. The Morgan fingerprint density at radius 3 is 2.45 bits per heavy atom. The van der Waals surface area contributed by atoms with Crippen molar-refractivity contribution in [3.8, 4) is 0 Å². The topological polar surface area (TPSA) is 81.1 Å². The van der Waals surface area contributed by atoms with Crippen LogP contribution in [0.4, 0.5) is 8.78 Å². The van der Waals surface area contributed by atoms with Crippen molar-refractivity contribution in [2.75, 3.05) is 5.75 Å². The fraction of sp³-hybridized carbons (Fsp3) is 0.692. The quantitative estimate of drug-likeness (QED) is 0.895. The molecule has 1 aliphatic heterocycles. The highest BCUT2D eigenvalue weighted by Crippen LogP contribution is 2.29. The van der Waals surface area contributed by atoms with Crippen molar-refractivity contribution in [2.24, 2.45) is 7.05 Å². The molecule has 6 nitrogen and oxygen atoms in total. The standard InChI is InChI=1S/C13H19F2N3O3S/c1-12(2,13(3,14)15)16-11(19)10-8-7-22(20,21)6-5-9(8)17-18(10)4/h5-7H2,1-4H3,(H,16,19). The Bertz CT molecular complexity index is 718. The molecular formula is C13H19F2N3O3S. The zero-order chi connectivity index (χ0) is 16.9. The fourth-order valence-corrected chi connectivity index (χ4v) is 3.65. The van der Waals surface area contributed by atoms with Crippen molar-refractivity contribution in [2.45, 2.75) is 44.4 Å². The van der Waals surface area contributed by atoms with Crippen LogP contribution in [0.2, 0.25) is 0 Å². The van der Waals surface area contributed by atoms with E-state index in [-0.39, 0.29) is 23.6 Å². The first-order valence-corrected chi connectivity index (χ1v) is 8.62. The van der Waals surface area contributed by atoms with Gasteiger partial charge in [-0.05, 0) is 13.8 Å². The maximum absolute atomic E-state index is 13.5. The van der Waals surface area contributed by atoms with Crippen LogP contribution in [0.25, 0.3) is 0 Å². The number of aromatic nitrogens is 2. The Labute approximate surface area is 127 Å². The van der Waals surface area contributed by atoms with Gasteiger partial charge in [0.15, 0.2) is 9.84 Å². The summed E-state index contributed by atoms with van der Waals surface area (Å²) in [5, 5.41) is 6.41. The van der Waals surface area contributed by atoms with E-state index in [0.29, 0.717) is 11.3 Å². The Kier molecular flexibility index (Phi) is 3.83. The molecule has 0 radical (unpaired) electrons. The number of halogens is 2. The summed E-state index contributed by atoms with van der Waals surface area (Å²) < 4.78 is 51.8. The summed E-state index contributed by atoms with van der Waals surface area (Å²) in [6, 6.07) is 0. The predicted molar refractivity (Wildman–Crippen MR) is 76.6 cm³/mol. The van der Waals surface area contributed by atoms with Crippen molar-refractivity contribution in [1.82, 2.24) is 15.1 Å². The molecule has 1 aromatic rings. The van der Waals surface area contributed by atoms with Gasteiger partial charge in [0, 0.05) is 26.0 Å². The van der Waals surface area contributed by atoms with Gasteiger partial charge in [-0.25, -0.2) is 17.2 Å². The number of fused-ring (bicyclic) bond motifs is 1. The molecule has 0 atom stereocenters. The molecule has 0 fully saturated rings. The molecule has 1 aliphatic rings. The van der Waals surface area contributed by atoms with Gasteiger partial charge in [0.25, 0.3) is 11.8 Å². The number of hydrogen-bond donors (Lipinski definition) is 1. The van der Waals surface area contributed by atoms with E-state index in [2.05, 4.69) is 10.4 Å². The molecule has 0 saturated heterocycles. The van der Waals surface area contributed by atoms with Crippen molar-refractivity contribution in [3.63, 3.8) is 0 Å². The molecule has 0 saturated carbocycles. The van der Waals surface area contributed by atoms with Gasteiger partial charge < -0.3 is 5.32 Å². The van der Waals surface area contributed by atoms with Crippen molar-refractivity contribution in [3.05, 3.63) is 17.0 Å². The third-order valence-corrected chi connectivity index (χ3v) is 5.54. The zero-order valence-electron chi connectivity index (χ0n) is 12.9. The number of aryl methyl sites for hydroxylation is 2. The molecule has 0 spiro atoms. The monoisotopic (exact) mass is 335 g/mol. The molecular weight excluding hydrogens is 316 g/mol. The molecule has 1 N–H and O–H groups in total. The first-order valence-electron chi connectivity index (χ1n) is 6.79. The second-order valence-corrected chi connectivity index (χ2v) is 8.39. The average Bonchev–Trinajstić information content (AvgIpc) is 2.61. The lowest BCUT2D eigenvalue weighted by atomic mass is 9.97. The van der Waals surface area contributed by atoms with E-state index in [1.807, 2.05) is 0 Å². The van der Waals surface area contributed by atoms with Crippen LogP contribution in [0.15, 0.2) is 0 Å². The Balaban J connectivity index is 2.38. The van der Waals surface area contributed by atoms with Gasteiger partial charge in [-0.2, -0.15) is 5.10 Å². The number of nitrogens with zero attached hydrogens (tertiary/aromatic N) is 2. The summed E-state index contributed by atoms with van der Waals surface area (Å²) in [6.07, 6.45) is 0.228. The van der Waals surface area contributed by atoms with E-state index < -0.39 is 27.2 Å². The van der Waals surface area contributed by atoms with Gasteiger partial charge >= 0.3 is 0 Å². The lowest BCUT2D eigenvalue weighted by Crippen LogP contribution is -2.55. The third-order valence-electron chi connectivity index (χ3n) is 3.98. The number of carbonyl (C=O) groups is 1. The SMILES string of the molecule is Cn1nc2c(c1C(=O)NC(C)(C)C(C)(F)F)CS(=O)(=O)CC2. The predicted octanol–water partition coefficient (Wildman–Crippen LogP) is 1.05. The minimum atomic E-state index is -3.29. The van der Waals surface area contributed by atoms with E-state index in [4.69, 9.17) is 0 Å². The highest BCUT2D eigenvalue weighted by atomic mass is 32.2. The number of hydrogen-bond acceptors (Lipinski definition) is 4. The molecule has 1 amide bonds. The summed E-state index contributed by atoms with van der Waals surface area (Å²) >= 11 is 0. The number of rotatable bonds is 3. The second-order valence-electron chi connectivity index (χ2n) is 6.21. The Morgan fingerprint density at radius 1 is 1.32 bits per heavy atom. The van der Waals surface area contributed by atoms with Crippen LogP contribution in [0.3, 0.4) is 0 Å². The first-order chi connectivity index (χ1) is 9.84.